The van der Waals surface area contributed by atoms with Gasteiger partial charge in [0.05, 0.1) is 11.1 Å². The van der Waals surface area contributed by atoms with E-state index in [4.69, 9.17) is 0 Å². The lowest BCUT2D eigenvalue weighted by Gasteiger charge is -2.21. The molecule has 0 bridgehead atoms. The predicted molar refractivity (Wildman–Crippen MR) is 102 cm³/mol. The summed E-state index contributed by atoms with van der Waals surface area (Å²) in [5.74, 6) is 0. The second-order valence-corrected chi connectivity index (χ2v) is 8.45. The average molecular weight is 364 g/mol. The minimum atomic E-state index is -3.63. The van der Waals surface area contributed by atoms with Crippen molar-refractivity contribution in [1.29, 1.82) is 0 Å². The molecule has 0 amide bonds. The van der Waals surface area contributed by atoms with Gasteiger partial charge in [0, 0.05) is 23.8 Å². The highest BCUT2D eigenvalue weighted by atomic mass is 32.2. The van der Waals surface area contributed by atoms with Crippen LogP contribution in [0.1, 0.15) is 59.0 Å². The van der Waals surface area contributed by atoms with Crippen LogP contribution in [0.3, 0.4) is 0 Å². The zero-order valence-electron chi connectivity index (χ0n) is 16.5. The summed E-state index contributed by atoms with van der Waals surface area (Å²) in [6.45, 7) is 16.4. The summed E-state index contributed by atoms with van der Waals surface area (Å²) in [4.78, 5) is 0.403. The lowest BCUT2D eigenvalue weighted by Crippen LogP contribution is -2.29. The Balaban J connectivity index is 2.48. The molecule has 138 valence electrons. The van der Waals surface area contributed by atoms with E-state index in [1.165, 1.54) is 0 Å². The van der Waals surface area contributed by atoms with Crippen molar-refractivity contribution in [3.63, 3.8) is 0 Å². The molecule has 2 rings (SSSR count). The quantitative estimate of drug-likeness (QED) is 0.879. The van der Waals surface area contributed by atoms with E-state index >= 15 is 0 Å². The standard InChI is InChI=1S/C19H29N3O2S/c1-9-22-17(8)18(10-20-22)16(7)21-25(23,24)19-14(5)12(3)11(2)13(4)15(19)6/h10,16,21H,9H2,1-8H3. The van der Waals surface area contributed by atoms with E-state index in [9.17, 15) is 8.42 Å². The predicted octanol–water partition coefficient (Wildman–Crippen LogP) is 3.79. The monoisotopic (exact) mass is 363 g/mol. The maximum Gasteiger partial charge on any atom is 0.241 e. The largest absolute Gasteiger partial charge is 0.270 e. The van der Waals surface area contributed by atoms with Gasteiger partial charge in [0.2, 0.25) is 10.0 Å². The van der Waals surface area contributed by atoms with Crippen molar-refractivity contribution in [2.24, 2.45) is 0 Å². The summed E-state index contributed by atoms with van der Waals surface area (Å²) < 4.78 is 31.0. The van der Waals surface area contributed by atoms with Crippen LogP contribution in [0.2, 0.25) is 0 Å². The van der Waals surface area contributed by atoms with Gasteiger partial charge in [0.1, 0.15) is 0 Å². The molecule has 1 N–H and O–H groups in total. The molecule has 5 nitrogen and oxygen atoms in total. The van der Waals surface area contributed by atoms with Crippen LogP contribution in [0, 0.1) is 41.5 Å². The zero-order chi connectivity index (χ0) is 19.1. The topological polar surface area (TPSA) is 64.0 Å². The Morgan fingerprint density at radius 2 is 1.48 bits per heavy atom. The first-order valence-corrected chi connectivity index (χ1v) is 10.1. The van der Waals surface area contributed by atoms with Crippen LogP contribution in [-0.4, -0.2) is 18.2 Å². The van der Waals surface area contributed by atoms with E-state index in [0.29, 0.717) is 4.90 Å². The van der Waals surface area contributed by atoms with Gasteiger partial charge in [-0.05, 0) is 83.2 Å². The van der Waals surface area contributed by atoms with E-state index < -0.39 is 10.0 Å². The highest BCUT2D eigenvalue weighted by molar-refractivity contribution is 7.89. The van der Waals surface area contributed by atoms with Crippen LogP contribution in [0.25, 0.3) is 0 Å². The van der Waals surface area contributed by atoms with Crippen molar-refractivity contribution in [3.05, 3.63) is 45.3 Å². The summed E-state index contributed by atoms with van der Waals surface area (Å²) >= 11 is 0. The van der Waals surface area contributed by atoms with Gasteiger partial charge in [-0.1, -0.05) is 0 Å². The van der Waals surface area contributed by atoms with Crippen molar-refractivity contribution in [2.45, 2.75) is 72.9 Å². The smallest absolute Gasteiger partial charge is 0.241 e. The van der Waals surface area contributed by atoms with E-state index in [2.05, 4.69) is 9.82 Å². The van der Waals surface area contributed by atoms with Crippen LogP contribution < -0.4 is 4.72 Å². The normalized spacial score (nSPS) is 13.3. The molecule has 1 aromatic heterocycles. The van der Waals surface area contributed by atoms with Gasteiger partial charge in [-0.25, -0.2) is 13.1 Å². The molecule has 0 radical (unpaired) electrons. The SMILES string of the molecule is CCn1ncc(C(C)NS(=O)(=O)c2c(C)c(C)c(C)c(C)c2C)c1C. The van der Waals surface area contributed by atoms with Gasteiger partial charge in [-0.2, -0.15) is 5.10 Å². The van der Waals surface area contributed by atoms with E-state index in [-0.39, 0.29) is 6.04 Å². The second kappa shape index (κ2) is 6.92. The number of hydrogen-bond acceptors (Lipinski definition) is 3. The van der Waals surface area contributed by atoms with Crippen molar-refractivity contribution < 1.29 is 8.42 Å². The third-order valence-corrected chi connectivity index (χ3v) is 7.25. The highest BCUT2D eigenvalue weighted by Crippen LogP contribution is 2.30. The minimum absolute atomic E-state index is 0.342. The molecule has 0 aliphatic heterocycles. The van der Waals surface area contributed by atoms with E-state index in [0.717, 1.165) is 45.6 Å². The summed E-state index contributed by atoms with van der Waals surface area (Å²) in [5.41, 5.74) is 6.76. The summed E-state index contributed by atoms with van der Waals surface area (Å²) in [7, 11) is -3.63. The van der Waals surface area contributed by atoms with Crippen LogP contribution >= 0.6 is 0 Å². The van der Waals surface area contributed by atoms with Crippen molar-refractivity contribution in [2.75, 3.05) is 0 Å². The third-order valence-electron chi connectivity index (χ3n) is 5.44. The summed E-state index contributed by atoms with van der Waals surface area (Å²) in [6, 6.07) is -0.342. The fraction of sp³-hybridized carbons (Fsp3) is 0.526. The van der Waals surface area contributed by atoms with Crippen molar-refractivity contribution in [1.82, 2.24) is 14.5 Å². The molecule has 0 saturated carbocycles. The maximum absolute atomic E-state index is 13.1. The van der Waals surface area contributed by atoms with Gasteiger partial charge < -0.3 is 0 Å². The first kappa shape index (κ1) is 19.7. The van der Waals surface area contributed by atoms with Crippen LogP contribution in [0.15, 0.2) is 11.1 Å². The number of benzene rings is 1. The Morgan fingerprint density at radius 1 is 1.00 bits per heavy atom. The summed E-state index contributed by atoms with van der Waals surface area (Å²) in [5, 5.41) is 4.31. The molecule has 2 aromatic rings. The molecule has 1 heterocycles. The highest BCUT2D eigenvalue weighted by Gasteiger charge is 2.26. The average Bonchev–Trinajstić information content (AvgIpc) is 2.91. The Bertz CT molecular complexity index is 882. The summed E-state index contributed by atoms with van der Waals surface area (Å²) in [6.07, 6.45) is 1.75. The lowest BCUT2D eigenvalue weighted by atomic mass is 9.95. The third kappa shape index (κ3) is 3.37. The minimum Gasteiger partial charge on any atom is -0.270 e. The fourth-order valence-corrected chi connectivity index (χ4v) is 5.25. The molecule has 1 aromatic carbocycles. The first-order chi connectivity index (χ1) is 11.5. The molecule has 0 fully saturated rings. The molecular weight excluding hydrogens is 334 g/mol. The molecule has 0 aliphatic rings. The molecular formula is C19H29N3O2S. The van der Waals surface area contributed by atoms with E-state index in [1.807, 2.05) is 60.1 Å². The Labute approximate surface area is 151 Å². The van der Waals surface area contributed by atoms with Crippen molar-refractivity contribution in [3.8, 4) is 0 Å². The maximum atomic E-state index is 13.1. The van der Waals surface area contributed by atoms with Crippen molar-refractivity contribution >= 4 is 10.0 Å². The molecule has 1 unspecified atom stereocenters. The molecule has 1 atom stereocenters. The molecule has 0 aliphatic carbocycles. The van der Waals surface area contributed by atoms with Gasteiger partial charge in [-0.15, -0.1) is 0 Å². The fourth-order valence-electron chi connectivity index (χ4n) is 3.43. The number of nitrogens with one attached hydrogen (secondary N) is 1. The Hall–Kier alpha value is -1.66. The van der Waals surface area contributed by atoms with Gasteiger partial charge >= 0.3 is 0 Å². The van der Waals surface area contributed by atoms with Crippen LogP contribution in [-0.2, 0) is 16.6 Å². The number of aromatic nitrogens is 2. The lowest BCUT2D eigenvalue weighted by molar-refractivity contribution is 0.564. The van der Waals surface area contributed by atoms with Crippen LogP contribution in [0.5, 0.6) is 0 Å². The van der Waals surface area contributed by atoms with Gasteiger partial charge in [0.15, 0.2) is 0 Å². The Kier molecular flexibility index (Phi) is 5.44. The van der Waals surface area contributed by atoms with Gasteiger partial charge in [0.25, 0.3) is 0 Å². The first-order valence-electron chi connectivity index (χ1n) is 8.64. The molecule has 0 spiro atoms. The van der Waals surface area contributed by atoms with E-state index in [1.54, 1.807) is 6.20 Å². The second-order valence-electron chi connectivity index (χ2n) is 6.80. The van der Waals surface area contributed by atoms with Crippen LogP contribution in [0.4, 0.5) is 0 Å². The van der Waals surface area contributed by atoms with Gasteiger partial charge in [-0.3, -0.25) is 4.68 Å². The number of hydrogen-bond donors (Lipinski definition) is 1. The number of sulfonamides is 1. The molecule has 0 saturated heterocycles. The zero-order valence-corrected chi connectivity index (χ0v) is 17.3. The number of nitrogens with zero attached hydrogens (tertiary/aromatic N) is 2. The Morgan fingerprint density at radius 3 is 1.92 bits per heavy atom. The number of aryl methyl sites for hydroxylation is 1. The number of rotatable bonds is 5. The molecule has 6 heteroatoms. The molecule has 25 heavy (non-hydrogen) atoms.